The van der Waals surface area contributed by atoms with E-state index in [-0.39, 0.29) is 18.3 Å². The minimum atomic E-state index is -0.503. The van der Waals surface area contributed by atoms with Crippen molar-refractivity contribution in [2.45, 2.75) is 20.4 Å². The molecule has 0 bridgehead atoms. The molecule has 0 unspecified atom stereocenters. The zero-order chi connectivity index (χ0) is 21.8. The summed E-state index contributed by atoms with van der Waals surface area (Å²) in [4.78, 5) is 23.8. The van der Waals surface area contributed by atoms with Gasteiger partial charge in [-0.3, -0.25) is 4.79 Å². The lowest BCUT2D eigenvalue weighted by Crippen LogP contribution is -2.19. The number of aryl methyl sites for hydroxylation is 2. The van der Waals surface area contributed by atoms with Crippen molar-refractivity contribution in [1.29, 1.82) is 0 Å². The molecule has 0 radical (unpaired) electrons. The van der Waals surface area contributed by atoms with Crippen LogP contribution < -0.4 is 5.32 Å². The van der Waals surface area contributed by atoms with Gasteiger partial charge in [-0.15, -0.1) is 0 Å². The molecule has 2 aromatic heterocycles. The number of halogens is 2. The van der Waals surface area contributed by atoms with Crippen LogP contribution in [0.15, 0.2) is 40.8 Å². The minimum Gasteiger partial charge on any atom is -0.465 e. The van der Waals surface area contributed by atoms with Crippen molar-refractivity contribution in [1.82, 2.24) is 15.1 Å². The van der Waals surface area contributed by atoms with Gasteiger partial charge in [0.25, 0.3) is 0 Å². The van der Waals surface area contributed by atoms with Gasteiger partial charge in [0, 0.05) is 11.6 Å². The molecular formula is C21H19ClFN3O4. The molecule has 30 heavy (non-hydrogen) atoms. The molecule has 0 spiro atoms. The van der Waals surface area contributed by atoms with Crippen LogP contribution in [-0.2, 0) is 16.1 Å². The Morgan fingerprint density at radius 3 is 2.67 bits per heavy atom. The third-order valence-electron chi connectivity index (χ3n) is 4.33. The van der Waals surface area contributed by atoms with Crippen LogP contribution in [0.1, 0.15) is 33.1 Å². The van der Waals surface area contributed by atoms with Gasteiger partial charge in [-0.1, -0.05) is 11.6 Å². The Hall–Kier alpha value is -3.39. The van der Waals surface area contributed by atoms with Crippen LogP contribution in [0.5, 0.6) is 0 Å². The van der Waals surface area contributed by atoms with Gasteiger partial charge < -0.3 is 14.5 Å². The Morgan fingerprint density at radius 1 is 1.30 bits per heavy atom. The second kappa shape index (κ2) is 8.96. The SMILES string of the molecule is COC(=O)c1cc(CNC(=O)C=Cc2c(C)nn(-c3ccc(F)cc3)c2Cl)oc1C. The van der Waals surface area contributed by atoms with Crippen LogP contribution >= 0.6 is 11.6 Å². The summed E-state index contributed by atoms with van der Waals surface area (Å²) in [6.07, 6.45) is 2.87. The number of hydrogen-bond acceptors (Lipinski definition) is 5. The molecule has 0 aliphatic heterocycles. The number of nitrogens with one attached hydrogen (secondary N) is 1. The molecule has 0 fully saturated rings. The van der Waals surface area contributed by atoms with Crippen molar-refractivity contribution in [2.24, 2.45) is 0 Å². The highest BCUT2D eigenvalue weighted by Gasteiger charge is 2.16. The number of esters is 1. The molecule has 0 saturated heterocycles. The molecule has 0 saturated carbocycles. The van der Waals surface area contributed by atoms with E-state index in [1.165, 1.54) is 36.1 Å². The summed E-state index contributed by atoms with van der Waals surface area (Å²) in [5.74, 6) is -0.406. The number of carbonyl (C=O) groups excluding carboxylic acids is 2. The van der Waals surface area contributed by atoms with E-state index in [9.17, 15) is 14.0 Å². The smallest absolute Gasteiger partial charge is 0.341 e. The summed E-state index contributed by atoms with van der Waals surface area (Å²) in [6, 6.07) is 7.27. The van der Waals surface area contributed by atoms with Gasteiger partial charge >= 0.3 is 5.97 Å². The number of furan rings is 1. The highest BCUT2D eigenvalue weighted by Crippen LogP contribution is 2.25. The van der Waals surface area contributed by atoms with E-state index in [1.807, 2.05) is 0 Å². The molecule has 0 aliphatic rings. The zero-order valence-electron chi connectivity index (χ0n) is 16.5. The van der Waals surface area contributed by atoms with Gasteiger partial charge in [0.05, 0.1) is 25.0 Å². The number of ether oxygens (including phenoxy) is 1. The molecule has 1 aromatic carbocycles. The molecule has 156 valence electrons. The number of carbonyl (C=O) groups is 2. The summed E-state index contributed by atoms with van der Waals surface area (Å²) < 4.78 is 24.7. The Kier molecular flexibility index (Phi) is 6.37. The first kappa shape index (κ1) is 21.3. The van der Waals surface area contributed by atoms with Gasteiger partial charge in [0.1, 0.15) is 28.1 Å². The highest BCUT2D eigenvalue weighted by molar-refractivity contribution is 6.31. The lowest BCUT2D eigenvalue weighted by Gasteiger charge is -2.02. The maximum absolute atomic E-state index is 13.1. The molecule has 1 N–H and O–H groups in total. The fraction of sp³-hybridized carbons (Fsp3) is 0.190. The number of nitrogens with zero attached hydrogens (tertiary/aromatic N) is 2. The molecule has 3 rings (SSSR count). The van der Waals surface area contributed by atoms with Crippen molar-refractivity contribution in [2.75, 3.05) is 7.11 Å². The molecular weight excluding hydrogens is 413 g/mol. The lowest BCUT2D eigenvalue weighted by molar-refractivity contribution is -0.116. The van der Waals surface area contributed by atoms with Crippen molar-refractivity contribution in [3.63, 3.8) is 0 Å². The number of rotatable bonds is 6. The quantitative estimate of drug-likeness (QED) is 0.471. The summed E-state index contributed by atoms with van der Waals surface area (Å²) in [7, 11) is 1.28. The number of hydrogen-bond donors (Lipinski definition) is 1. The Balaban J connectivity index is 1.68. The summed E-state index contributed by atoms with van der Waals surface area (Å²) in [6.45, 7) is 3.49. The minimum absolute atomic E-state index is 0.0998. The molecule has 9 heteroatoms. The lowest BCUT2D eigenvalue weighted by atomic mass is 10.2. The Labute approximate surface area is 177 Å². The number of methoxy groups -OCH3 is 1. The molecule has 7 nitrogen and oxygen atoms in total. The van der Waals surface area contributed by atoms with E-state index in [0.29, 0.717) is 39.2 Å². The van der Waals surface area contributed by atoms with Crippen LogP contribution in [0.4, 0.5) is 4.39 Å². The average molecular weight is 432 g/mol. The molecule has 0 atom stereocenters. The molecule has 2 heterocycles. The maximum Gasteiger partial charge on any atom is 0.341 e. The van der Waals surface area contributed by atoms with Crippen LogP contribution in [0.2, 0.25) is 5.15 Å². The summed E-state index contributed by atoms with van der Waals surface area (Å²) >= 11 is 6.39. The van der Waals surface area contributed by atoms with E-state index in [1.54, 1.807) is 32.1 Å². The van der Waals surface area contributed by atoms with E-state index in [0.717, 1.165) is 0 Å². The number of amides is 1. The monoisotopic (exact) mass is 431 g/mol. The fourth-order valence-electron chi connectivity index (χ4n) is 2.79. The number of aromatic nitrogens is 2. The standard InChI is InChI=1S/C21H19ClFN3O4/c1-12-17(20(22)26(25-12)15-6-4-14(23)5-7-15)8-9-19(27)24-11-16-10-18(13(2)30-16)21(28)29-3/h4-10H,11H2,1-3H3,(H,24,27). The molecule has 1 amide bonds. The zero-order valence-corrected chi connectivity index (χ0v) is 17.3. The average Bonchev–Trinajstić information content (AvgIpc) is 3.24. The van der Waals surface area contributed by atoms with E-state index >= 15 is 0 Å². The van der Waals surface area contributed by atoms with E-state index in [2.05, 4.69) is 15.2 Å². The van der Waals surface area contributed by atoms with E-state index in [4.69, 9.17) is 16.0 Å². The van der Waals surface area contributed by atoms with Gasteiger partial charge in [-0.25, -0.2) is 13.9 Å². The summed E-state index contributed by atoms with van der Waals surface area (Å²) in [5.41, 5.74) is 2.09. The fourth-order valence-corrected chi connectivity index (χ4v) is 3.12. The molecule has 0 aliphatic carbocycles. The van der Waals surface area contributed by atoms with Gasteiger partial charge in [0.15, 0.2) is 0 Å². The largest absolute Gasteiger partial charge is 0.465 e. The van der Waals surface area contributed by atoms with Crippen molar-refractivity contribution in [3.05, 3.63) is 75.7 Å². The second-order valence-electron chi connectivity index (χ2n) is 6.40. The van der Waals surface area contributed by atoms with Crippen molar-refractivity contribution >= 4 is 29.6 Å². The first-order chi connectivity index (χ1) is 14.3. The van der Waals surface area contributed by atoms with Gasteiger partial charge in [0.2, 0.25) is 5.91 Å². The third kappa shape index (κ3) is 4.60. The second-order valence-corrected chi connectivity index (χ2v) is 6.76. The first-order valence-corrected chi connectivity index (χ1v) is 9.32. The topological polar surface area (TPSA) is 86.4 Å². The van der Waals surface area contributed by atoms with Crippen LogP contribution in [0, 0.1) is 19.7 Å². The van der Waals surface area contributed by atoms with Crippen molar-refractivity contribution in [3.8, 4) is 5.69 Å². The molecule has 3 aromatic rings. The van der Waals surface area contributed by atoms with Crippen LogP contribution in [0.25, 0.3) is 11.8 Å². The predicted molar refractivity (Wildman–Crippen MR) is 109 cm³/mol. The third-order valence-corrected chi connectivity index (χ3v) is 4.70. The Bertz CT molecular complexity index is 1120. The number of benzene rings is 1. The Morgan fingerprint density at radius 2 is 2.00 bits per heavy atom. The predicted octanol–water partition coefficient (Wildman–Crippen LogP) is 3.99. The van der Waals surface area contributed by atoms with Crippen LogP contribution in [0.3, 0.4) is 0 Å². The van der Waals surface area contributed by atoms with Crippen LogP contribution in [-0.4, -0.2) is 28.8 Å². The van der Waals surface area contributed by atoms with E-state index < -0.39 is 5.97 Å². The van der Waals surface area contributed by atoms with Gasteiger partial charge in [-0.05, 0) is 50.3 Å². The van der Waals surface area contributed by atoms with Crippen molar-refractivity contribution < 1.29 is 23.1 Å². The summed E-state index contributed by atoms with van der Waals surface area (Å²) in [5, 5.41) is 7.30. The highest BCUT2D eigenvalue weighted by atomic mass is 35.5. The maximum atomic E-state index is 13.1. The van der Waals surface area contributed by atoms with Gasteiger partial charge in [-0.2, -0.15) is 5.10 Å². The first-order valence-electron chi connectivity index (χ1n) is 8.94. The normalized spacial score (nSPS) is 11.1.